The van der Waals surface area contributed by atoms with Gasteiger partial charge >= 0.3 is 0 Å². The van der Waals surface area contributed by atoms with Gasteiger partial charge < -0.3 is 15.4 Å². The molecular weight excluding hydrogens is 224 g/mol. The molecule has 2 aliphatic rings. The smallest absolute Gasteiger partial charge is 0.144 e. The molecule has 2 N–H and O–H groups in total. The Bertz CT molecular complexity index is 369. The van der Waals surface area contributed by atoms with Gasteiger partial charge in [0, 0.05) is 18.3 Å². The molecule has 0 amide bonds. The quantitative estimate of drug-likeness (QED) is 0.780. The summed E-state index contributed by atoms with van der Waals surface area (Å²) in [6.07, 6.45) is 7.70. The minimum Gasteiger partial charge on any atom is -0.489 e. The van der Waals surface area contributed by atoms with E-state index in [1.165, 1.54) is 12.8 Å². The summed E-state index contributed by atoms with van der Waals surface area (Å²) in [4.78, 5) is 2.36. The van der Waals surface area contributed by atoms with E-state index in [0.717, 1.165) is 24.6 Å². The molecule has 1 atom stereocenters. The molecule has 1 unspecified atom stereocenters. The van der Waals surface area contributed by atoms with Crippen molar-refractivity contribution in [2.24, 2.45) is 5.73 Å². The third-order valence-electron chi connectivity index (χ3n) is 3.10. The molecule has 0 radical (unpaired) electrons. The van der Waals surface area contributed by atoms with Crippen LogP contribution in [0.3, 0.4) is 0 Å². The minimum atomic E-state index is 0.509. The lowest BCUT2D eigenvalue weighted by atomic mass is 10.1. The summed E-state index contributed by atoms with van der Waals surface area (Å²) < 4.78 is 5.73. The molecule has 2 aliphatic heterocycles. The van der Waals surface area contributed by atoms with Gasteiger partial charge in [-0.05, 0) is 25.0 Å². The summed E-state index contributed by atoms with van der Waals surface area (Å²) in [6.45, 7) is 13.3. The number of hydrogen-bond acceptors (Lipinski definition) is 3. The van der Waals surface area contributed by atoms with Crippen LogP contribution in [-0.4, -0.2) is 24.1 Å². The van der Waals surface area contributed by atoms with E-state index >= 15 is 0 Å². The predicted octanol–water partition coefficient (Wildman–Crippen LogP) is 2.93. The highest BCUT2D eigenvalue weighted by atomic mass is 16.5. The SMILES string of the molecule is C=CC1=C(/C=C(/N)C=C)OCC2CCCN12.CC. The topological polar surface area (TPSA) is 38.5 Å². The first-order valence-corrected chi connectivity index (χ1v) is 6.62. The minimum absolute atomic E-state index is 0.509. The molecule has 0 aliphatic carbocycles. The van der Waals surface area contributed by atoms with Crippen LogP contribution in [0.1, 0.15) is 26.7 Å². The second kappa shape index (κ2) is 6.94. The molecule has 0 aromatic rings. The van der Waals surface area contributed by atoms with E-state index in [4.69, 9.17) is 10.5 Å². The first kappa shape index (κ1) is 14.4. The maximum Gasteiger partial charge on any atom is 0.144 e. The first-order valence-electron chi connectivity index (χ1n) is 6.62. The highest BCUT2D eigenvalue weighted by Crippen LogP contribution is 2.30. The van der Waals surface area contributed by atoms with Gasteiger partial charge in [0.25, 0.3) is 0 Å². The van der Waals surface area contributed by atoms with Crippen molar-refractivity contribution in [1.29, 1.82) is 0 Å². The fourth-order valence-electron chi connectivity index (χ4n) is 2.27. The Morgan fingerprint density at radius 3 is 2.78 bits per heavy atom. The molecule has 0 aromatic carbocycles. The van der Waals surface area contributed by atoms with Gasteiger partial charge in [0.2, 0.25) is 0 Å². The largest absolute Gasteiger partial charge is 0.489 e. The number of rotatable bonds is 3. The van der Waals surface area contributed by atoms with Gasteiger partial charge in [0.15, 0.2) is 0 Å². The Kier molecular flexibility index (Phi) is 5.56. The molecule has 0 bridgehead atoms. The van der Waals surface area contributed by atoms with Crippen molar-refractivity contribution in [3.8, 4) is 0 Å². The summed E-state index contributed by atoms with van der Waals surface area (Å²) in [5.74, 6) is 0.811. The maximum absolute atomic E-state index is 5.73. The second-order valence-electron chi connectivity index (χ2n) is 4.10. The van der Waals surface area contributed by atoms with Crippen molar-refractivity contribution in [3.63, 3.8) is 0 Å². The maximum atomic E-state index is 5.73. The zero-order valence-corrected chi connectivity index (χ0v) is 11.5. The van der Waals surface area contributed by atoms with Crippen LogP contribution < -0.4 is 5.73 Å². The number of nitrogens with zero attached hydrogens (tertiary/aromatic N) is 1. The highest BCUT2D eigenvalue weighted by Gasteiger charge is 2.31. The van der Waals surface area contributed by atoms with E-state index in [-0.39, 0.29) is 0 Å². The van der Waals surface area contributed by atoms with Gasteiger partial charge in [-0.25, -0.2) is 0 Å². The number of fused-ring (bicyclic) bond motifs is 1. The summed E-state index contributed by atoms with van der Waals surface area (Å²) in [7, 11) is 0. The van der Waals surface area contributed by atoms with Gasteiger partial charge in [-0.1, -0.05) is 27.0 Å². The van der Waals surface area contributed by atoms with Gasteiger partial charge in [0.1, 0.15) is 12.4 Å². The van der Waals surface area contributed by atoms with E-state index in [1.54, 1.807) is 6.08 Å². The number of allylic oxidation sites excluding steroid dienone is 3. The molecule has 18 heavy (non-hydrogen) atoms. The normalized spacial score (nSPS) is 22.7. The van der Waals surface area contributed by atoms with Crippen LogP contribution in [0.15, 0.2) is 48.5 Å². The first-order chi connectivity index (χ1) is 8.76. The third kappa shape index (κ3) is 2.97. The molecule has 2 rings (SSSR count). The van der Waals surface area contributed by atoms with E-state index in [9.17, 15) is 0 Å². The summed E-state index contributed by atoms with van der Waals surface area (Å²) in [5, 5.41) is 0. The summed E-state index contributed by atoms with van der Waals surface area (Å²) in [6, 6.07) is 0.509. The zero-order valence-electron chi connectivity index (χ0n) is 11.5. The molecule has 0 saturated carbocycles. The van der Waals surface area contributed by atoms with E-state index < -0.39 is 0 Å². The van der Waals surface area contributed by atoms with Crippen molar-refractivity contribution in [2.45, 2.75) is 32.7 Å². The van der Waals surface area contributed by atoms with E-state index in [1.807, 2.05) is 26.0 Å². The summed E-state index contributed by atoms with van der Waals surface area (Å²) in [5.41, 5.74) is 7.41. The van der Waals surface area contributed by atoms with Crippen LogP contribution in [0, 0.1) is 0 Å². The molecule has 2 heterocycles. The van der Waals surface area contributed by atoms with Crippen molar-refractivity contribution >= 4 is 0 Å². The van der Waals surface area contributed by atoms with Crippen LogP contribution in [-0.2, 0) is 4.74 Å². The second-order valence-corrected chi connectivity index (χ2v) is 4.10. The number of hydrogen-bond donors (Lipinski definition) is 1. The molecular formula is C15H24N2O. The van der Waals surface area contributed by atoms with Crippen LogP contribution in [0.25, 0.3) is 0 Å². The van der Waals surface area contributed by atoms with Crippen LogP contribution in [0.5, 0.6) is 0 Å². The predicted molar refractivity (Wildman–Crippen MR) is 76.7 cm³/mol. The van der Waals surface area contributed by atoms with Crippen LogP contribution in [0.4, 0.5) is 0 Å². The highest BCUT2D eigenvalue weighted by molar-refractivity contribution is 5.33. The molecule has 100 valence electrons. The van der Waals surface area contributed by atoms with Crippen LogP contribution >= 0.6 is 0 Å². The fraction of sp³-hybridized carbons (Fsp3) is 0.467. The zero-order chi connectivity index (χ0) is 13.5. The van der Waals surface area contributed by atoms with E-state index in [0.29, 0.717) is 11.7 Å². The van der Waals surface area contributed by atoms with Crippen LogP contribution in [0.2, 0.25) is 0 Å². The van der Waals surface area contributed by atoms with Gasteiger partial charge in [-0.2, -0.15) is 0 Å². The lowest BCUT2D eigenvalue weighted by molar-refractivity contribution is 0.111. The average Bonchev–Trinajstić information content (AvgIpc) is 2.89. The van der Waals surface area contributed by atoms with Crippen molar-refractivity contribution in [2.75, 3.05) is 13.2 Å². The molecule has 1 saturated heterocycles. The number of nitrogens with two attached hydrogens (primary N) is 1. The Balaban J connectivity index is 0.000000771. The third-order valence-corrected chi connectivity index (χ3v) is 3.10. The lowest BCUT2D eigenvalue weighted by Gasteiger charge is -2.33. The molecule has 3 heteroatoms. The molecule has 3 nitrogen and oxygen atoms in total. The summed E-state index contributed by atoms with van der Waals surface area (Å²) >= 11 is 0. The van der Waals surface area contributed by atoms with Crippen molar-refractivity contribution < 1.29 is 4.74 Å². The van der Waals surface area contributed by atoms with Gasteiger partial charge in [-0.15, -0.1) is 0 Å². The molecule has 1 fully saturated rings. The van der Waals surface area contributed by atoms with Gasteiger partial charge in [-0.3, -0.25) is 0 Å². The standard InChI is InChI=1S/C13H18N2O.C2H6/c1-3-10(14)8-13-12(4-2)15-7-5-6-11(15)9-16-13;1-2/h3-4,8,11H,1-2,5-7,9,14H2;1-2H3/b10-8+;. The Hall–Kier alpha value is -1.64. The average molecular weight is 248 g/mol. The molecule has 0 spiro atoms. The Morgan fingerprint density at radius 1 is 1.44 bits per heavy atom. The Labute approximate surface area is 110 Å². The lowest BCUT2D eigenvalue weighted by Crippen LogP contribution is -2.36. The van der Waals surface area contributed by atoms with E-state index in [2.05, 4.69) is 18.1 Å². The van der Waals surface area contributed by atoms with Crippen molar-refractivity contribution in [3.05, 3.63) is 48.5 Å². The monoisotopic (exact) mass is 248 g/mol. The van der Waals surface area contributed by atoms with Gasteiger partial charge in [0.05, 0.1) is 11.7 Å². The molecule has 0 aromatic heterocycles. The fourth-order valence-corrected chi connectivity index (χ4v) is 2.27. The Morgan fingerprint density at radius 2 is 2.17 bits per heavy atom. The van der Waals surface area contributed by atoms with Crippen molar-refractivity contribution in [1.82, 2.24) is 4.90 Å². The number of ether oxygens (including phenoxy) is 1.